The first kappa shape index (κ1) is 34.9. The number of thiophene rings is 1. The molecule has 1 N–H and O–H groups in total. The second-order valence-corrected chi connectivity index (χ2v) is 17.2. The van der Waals surface area contributed by atoms with Gasteiger partial charge in [0.15, 0.2) is 0 Å². The standard InChI is InChI=1S/C57H40N2S/c1-5-17-38(18-6-1)51-45-26-14-13-21-42(45)36-49-52(51)46-34-33-41(35-48(46)57(49,43-22-9-3-10-23-43)44-24-11-4-12-25-44)37-29-31-40(32-30-37)56-58-53(39-19-7-2-8-20-39)55-54(59-56)47-27-15-16-28-50(47)60-55/h1-19,21-36,39,56,58H,20H2. The summed E-state index contributed by atoms with van der Waals surface area (Å²) in [4.78, 5) is 5.40. The third-order valence-corrected chi connectivity index (χ3v) is 14.1. The molecule has 2 nitrogen and oxygen atoms in total. The molecule has 9 aromatic rings. The van der Waals surface area contributed by atoms with Crippen LogP contribution < -0.4 is 15.2 Å². The van der Waals surface area contributed by atoms with E-state index in [1.54, 1.807) is 0 Å². The molecule has 0 bridgehead atoms. The van der Waals surface area contributed by atoms with Crippen molar-refractivity contribution in [3.05, 3.63) is 250 Å². The Kier molecular flexibility index (Phi) is 8.18. The highest BCUT2D eigenvalue weighted by atomic mass is 32.1. The van der Waals surface area contributed by atoms with Crippen molar-refractivity contribution in [3.63, 3.8) is 0 Å². The molecule has 12 rings (SSSR count). The highest BCUT2D eigenvalue weighted by Crippen LogP contribution is 2.60. The van der Waals surface area contributed by atoms with Crippen LogP contribution in [0.4, 0.5) is 0 Å². The molecule has 2 atom stereocenters. The highest BCUT2D eigenvalue weighted by Gasteiger charge is 2.47. The van der Waals surface area contributed by atoms with Crippen LogP contribution in [0.5, 0.6) is 0 Å². The lowest BCUT2D eigenvalue weighted by Crippen LogP contribution is -2.39. The van der Waals surface area contributed by atoms with Gasteiger partial charge in [0, 0.05) is 21.7 Å². The summed E-state index contributed by atoms with van der Waals surface area (Å²) in [6, 6.07) is 69.6. The van der Waals surface area contributed by atoms with Crippen LogP contribution in [-0.2, 0) is 5.41 Å². The van der Waals surface area contributed by atoms with Gasteiger partial charge in [0.2, 0.25) is 0 Å². The van der Waals surface area contributed by atoms with Crippen LogP contribution in [0.15, 0.2) is 217 Å². The second kappa shape index (κ2) is 14.0. The molecule has 8 aromatic carbocycles. The molecule has 1 aliphatic heterocycles. The largest absolute Gasteiger partial charge is 0.362 e. The molecule has 2 heterocycles. The van der Waals surface area contributed by atoms with Crippen LogP contribution in [-0.4, -0.2) is 0 Å². The second-order valence-electron chi connectivity index (χ2n) is 16.1. The Bertz CT molecular complexity index is 3270. The SMILES string of the molecule is C1=CCC(C2=c3sc4ccccc4c3=NC(c3ccc(-c4ccc5c(c4)C(c4ccccc4)(c4ccccc4)c4cc6ccccc6c(-c6ccccc6)c4-5)cc3)N2)C=C1. The number of hydrogen-bond acceptors (Lipinski definition) is 3. The minimum atomic E-state index is -0.544. The number of hydrogen-bond donors (Lipinski definition) is 1. The molecule has 1 aromatic heterocycles. The fourth-order valence-electron chi connectivity index (χ4n) is 10.2. The lowest BCUT2D eigenvalue weighted by molar-refractivity contribution is 0.600. The molecule has 2 unspecified atom stereocenters. The van der Waals surface area contributed by atoms with E-state index in [-0.39, 0.29) is 6.17 Å². The Morgan fingerprint density at radius 3 is 1.95 bits per heavy atom. The maximum Gasteiger partial charge on any atom is 0.145 e. The van der Waals surface area contributed by atoms with E-state index in [2.05, 4.69) is 218 Å². The van der Waals surface area contributed by atoms with Crippen molar-refractivity contribution in [2.24, 2.45) is 10.9 Å². The van der Waals surface area contributed by atoms with Gasteiger partial charge in [0.05, 0.1) is 15.3 Å². The van der Waals surface area contributed by atoms with Gasteiger partial charge in [0.1, 0.15) is 6.17 Å². The van der Waals surface area contributed by atoms with Gasteiger partial charge in [-0.3, -0.25) is 4.99 Å². The van der Waals surface area contributed by atoms with Crippen molar-refractivity contribution >= 4 is 37.9 Å². The molecule has 0 saturated heterocycles. The Labute approximate surface area is 353 Å². The van der Waals surface area contributed by atoms with Crippen molar-refractivity contribution in [3.8, 4) is 33.4 Å². The number of rotatable bonds is 6. The summed E-state index contributed by atoms with van der Waals surface area (Å²) in [6.07, 6.45) is 9.73. The number of benzene rings is 8. The molecule has 0 amide bonds. The first-order chi connectivity index (χ1) is 29.8. The van der Waals surface area contributed by atoms with E-state index < -0.39 is 5.41 Å². The Morgan fingerprint density at radius 1 is 0.550 bits per heavy atom. The maximum absolute atomic E-state index is 5.40. The van der Waals surface area contributed by atoms with Crippen LogP contribution in [0.25, 0.3) is 59.9 Å². The molecule has 3 heteroatoms. The van der Waals surface area contributed by atoms with Crippen LogP contribution in [0, 0.1) is 5.92 Å². The molecule has 0 saturated carbocycles. The van der Waals surface area contributed by atoms with Crippen LogP contribution in [0.2, 0.25) is 0 Å². The van der Waals surface area contributed by atoms with E-state index >= 15 is 0 Å². The van der Waals surface area contributed by atoms with E-state index in [0.717, 1.165) is 17.3 Å². The molecular weight excluding hydrogens is 745 g/mol. The summed E-state index contributed by atoms with van der Waals surface area (Å²) in [7, 11) is 0. The zero-order valence-electron chi connectivity index (χ0n) is 32.9. The average Bonchev–Trinajstić information content (AvgIpc) is 3.85. The first-order valence-electron chi connectivity index (χ1n) is 20.9. The topological polar surface area (TPSA) is 24.4 Å². The summed E-state index contributed by atoms with van der Waals surface area (Å²) < 4.78 is 2.54. The molecule has 0 spiro atoms. The van der Waals surface area contributed by atoms with Crippen LogP contribution in [0.3, 0.4) is 0 Å². The van der Waals surface area contributed by atoms with Gasteiger partial charge < -0.3 is 5.32 Å². The van der Waals surface area contributed by atoms with Gasteiger partial charge >= 0.3 is 0 Å². The average molecular weight is 785 g/mol. The highest BCUT2D eigenvalue weighted by molar-refractivity contribution is 7.17. The van der Waals surface area contributed by atoms with Gasteiger partial charge in [-0.05, 0) is 96.6 Å². The fraction of sp³-hybridized carbons (Fsp3) is 0.0702. The van der Waals surface area contributed by atoms with Gasteiger partial charge in [-0.25, -0.2) is 0 Å². The number of nitrogens with one attached hydrogen (secondary N) is 1. The summed E-state index contributed by atoms with van der Waals surface area (Å²) in [5.74, 6) is 0.295. The zero-order valence-corrected chi connectivity index (χ0v) is 33.7. The fourth-order valence-corrected chi connectivity index (χ4v) is 11.4. The molecule has 2 aliphatic carbocycles. The van der Waals surface area contributed by atoms with E-state index in [1.807, 2.05) is 11.3 Å². The van der Waals surface area contributed by atoms with Crippen molar-refractivity contribution in [1.82, 2.24) is 5.32 Å². The van der Waals surface area contributed by atoms with Gasteiger partial charge in [-0.1, -0.05) is 194 Å². The smallest absolute Gasteiger partial charge is 0.145 e. The quantitative estimate of drug-likeness (QED) is 0.178. The third kappa shape index (κ3) is 5.36. The summed E-state index contributed by atoms with van der Waals surface area (Å²) in [5, 5.41) is 8.77. The van der Waals surface area contributed by atoms with Gasteiger partial charge in [-0.15, -0.1) is 11.3 Å². The zero-order chi connectivity index (χ0) is 39.6. The number of fused-ring (bicyclic) bond motifs is 7. The summed E-state index contributed by atoms with van der Waals surface area (Å²) in [6.45, 7) is 0. The van der Waals surface area contributed by atoms with Crippen molar-refractivity contribution in [2.45, 2.75) is 18.0 Å². The minimum absolute atomic E-state index is 0.178. The molecule has 0 radical (unpaired) electrons. The minimum Gasteiger partial charge on any atom is -0.362 e. The Morgan fingerprint density at radius 2 is 1.22 bits per heavy atom. The molecular formula is C57H40N2S. The van der Waals surface area contributed by atoms with Crippen molar-refractivity contribution in [2.75, 3.05) is 0 Å². The number of allylic oxidation sites excluding steroid dienone is 3. The molecule has 3 aliphatic rings. The predicted molar refractivity (Wildman–Crippen MR) is 250 cm³/mol. The normalized spacial score (nSPS) is 17.2. The van der Waals surface area contributed by atoms with Crippen LogP contribution >= 0.6 is 11.3 Å². The maximum atomic E-state index is 5.40. The monoisotopic (exact) mass is 784 g/mol. The van der Waals surface area contributed by atoms with E-state index in [9.17, 15) is 0 Å². The van der Waals surface area contributed by atoms with Crippen LogP contribution in [0.1, 0.15) is 40.4 Å². The summed E-state index contributed by atoms with van der Waals surface area (Å²) in [5.41, 5.74) is 14.5. The van der Waals surface area contributed by atoms with Crippen molar-refractivity contribution in [1.29, 1.82) is 0 Å². The molecule has 0 fully saturated rings. The predicted octanol–water partition coefficient (Wildman–Crippen LogP) is 12.9. The van der Waals surface area contributed by atoms with Gasteiger partial charge in [0.25, 0.3) is 0 Å². The lowest BCUT2D eigenvalue weighted by Gasteiger charge is -2.34. The lowest BCUT2D eigenvalue weighted by atomic mass is 9.67. The molecule has 284 valence electrons. The Hall–Kier alpha value is -7.07. The Balaban J connectivity index is 1.04. The van der Waals surface area contributed by atoms with E-state index in [1.165, 1.54) is 86.7 Å². The van der Waals surface area contributed by atoms with E-state index in [4.69, 9.17) is 4.99 Å². The first-order valence-corrected chi connectivity index (χ1v) is 21.7. The van der Waals surface area contributed by atoms with E-state index in [0.29, 0.717) is 5.92 Å². The van der Waals surface area contributed by atoms with Gasteiger partial charge in [-0.2, -0.15) is 0 Å². The van der Waals surface area contributed by atoms with Crippen molar-refractivity contribution < 1.29 is 0 Å². The number of nitrogens with zero attached hydrogens (tertiary/aromatic N) is 1. The third-order valence-electron chi connectivity index (χ3n) is 12.9. The molecule has 60 heavy (non-hydrogen) atoms. The summed E-state index contributed by atoms with van der Waals surface area (Å²) >= 11 is 1.85.